The molecule has 1 aliphatic heterocycles. The van der Waals surface area contributed by atoms with E-state index in [1.165, 1.54) is 24.3 Å². The molecule has 25 heavy (non-hydrogen) atoms. The molecule has 0 bridgehead atoms. The number of carbonyl (C=O) groups excluding carboxylic acids is 1. The highest BCUT2D eigenvalue weighted by Crippen LogP contribution is 2.25. The molecule has 0 spiro atoms. The lowest BCUT2D eigenvalue weighted by Gasteiger charge is -2.25. The van der Waals surface area contributed by atoms with Gasteiger partial charge < -0.3 is 19.7 Å². The average Bonchev–Trinajstić information content (AvgIpc) is 3.23. The fourth-order valence-electron chi connectivity index (χ4n) is 3.10. The van der Waals surface area contributed by atoms with Gasteiger partial charge in [0.05, 0.1) is 25.5 Å². The molecule has 9 heteroatoms. The smallest absolute Gasteiger partial charge is 0.258 e. The third-order valence-corrected chi connectivity index (χ3v) is 4.39. The van der Waals surface area contributed by atoms with Crippen molar-refractivity contribution in [1.29, 1.82) is 0 Å². The molecule has 0 aliphatic carbocycles. The molecule has 1 saturated heterocycles. The minimum absolute atomic E-state index is 0.0893. The van der Waals surface area contributed by atoms with Gasteiger partial charge in [0.1, 0.15) is 17.7 Å². The number of aromatic nitrogens is 4. The van der Waals surface area contributed by atoms with Crippen LogP contribution < -0.4 is 15.0 Å². The van der Waals surface area contributed by atoms with Gasteiger partial charge in [-0.25, -0.2) is 14.6 Å². The summed E-state index contributed by atoms with van der Waals surface area (Å²) in [4.78, 5) is 22.9. The molecule has 2 aromatic rings. The van der Waals surface area contributed by atoms with E-state index < -0.39 is 0 Å². The van der Waals surface area contributed by atoms with Gasteiger partial charge in [0.25, 0.3) is 5.91 Å². The fourth-order valence-corrected chi connectivity index (χ4v) is 3.10. The number of methoxy groups -OCH3 is 2. The first-order chi connectivity index (χ1) is 12.1. The van der Waals surface area contributed by atoms with Gasteiger partial charge in [-0.3, -0.25) is 4.79 Å². The maximum atomic E-state index is 12.5. The van der Waals surface area contributed by atoms with E-state index in [9.17, 15) is 4.79 Å². The van der Waals surface area contributed by atoms with Crippen molar-refractivity contribution in [1.82, 2.24) is 25.1 Å². The first-order valence-corrected chi connectivity index (χ1v) is 8.03. The second kappa shape index (κ2) is 7.47. The number of rotatable bonds is 6. The number of nitrogens with zero attached hydrogens (tertiary/aromatic N) is 5. The Bertz CT molecular complexity index is 720. The van der Waals surface area contributed by atoms with Crippen molar-refractivity contribution in [2.45, 2.75) is 18.6 Å². The van der Waals surface area contributed by atoms with Gasteiger partial charge in [0.15, 0.2) is 0 Å². The van der Waals surface area contributed by atoms with Crippen molar-refractivity contribution in [3.8, 4) is 5.88 Å². The number of nitrogens with one attached hydrogen (secondary N) is 1. The Morgan fingerprint density at radius 3 is 2.96 bits per heavy atom. The molecule has 3 rings (SSSR count). The molecule has 1 N–H and O–H groups in total. The molecular formula is C16H22N6O3. The molecule has 2 atom stereocenters. The topological polar surface area (TPSA) is 94.4 Å². The van der Waals surface area contributed by atoms with Crippen LogP contribution >= 0.6 is 0 Å². The van der Waals surface area contributed by atoms with E-state index in [-0.39, 0.29) is 18.1 Å². The van der Waals surface area contributed by atoms with E-state index in [0.29, 0.717) is 18.0 Å². The highest BCUT2D eigenvalue weighted by atomic mass is 16.5. The molecule has 134 valence electrons. The molecule has 0 unspecified atom stereocenters. The van der Waals surface area contributed by atoms with E-state index in [1.54, 1.807) is 20.4 Å². The predicted octanol–water partition coefficient (Wildman–Crippen LogP) is 0.242. The van der Waals surface area contributed by atoms with Crippen LogP contribution in [0.3, 0.4) is 0 Å². The lowest BCUT2D eigenvalue weighted by molar-refractivity contribution is 0.0943. The molecule has 0 radical (unpaired) electrons. The maximum absolute atomic E-state index is 12.5. The van der Waals surface area contributed by atoms with Crippen molar-refractivity contribution in [3.63, 3.8) is 0 Å². The second-order valence-electron chi connectivity index (χ2n) is 5.87. The minimum Gasteiger partial charge on any atom is -0.481 e. The standard InChI is InChI=1S/C16H22N6O3/c1-21-16(25-3)13(8-20-21)15(23)18-7-11-6-12(24-2)9-22(11)14-4-5-17-10-19-14/h4-5,8,10-12H,6-7,9H2,1-3H3,(H,18,23)/t11-,12-/m1/s1. The third-order valence-electron chi connectivity index (χ3n) is 4.39. The Morgan fingerprint density at radius 1 is 1.44 bits per heavy atom. The molecule has 1 amide bonds. The maximum Gasteiger partial charge on any atom is 0.258 e. The van der Waals surface area contributed by atoms with Gasteiger partial charge in [-0.2, -0.15) is 5.10 Å². The number of hydrogen-bond donors (Lipinski definition) is 1. The van der Waals surface area contributed by atoms with Crippen molar-refractivity contribution < 1.29 is 14.3 Å². The summed E-state index contributed by atoms with van der Waals surface area (Å²) in [6.45, 7) is 1.20. The van der Waals surface area contributed by atoms with Gasteiger partial charge in [0, 0.05) is 33.4 Å². The minimum atomic E-state index is -0.214. The largest absolute Gasteiger partial charge is 0.481 e. The van der Waals surface area contributed by atoms with Crippen LogP contribution in [-0.4, -0.2) is 65.1 Å². The van der Waals surface area contributed by atoms with E-state index in [4.69, 9.17) is 9.47 Å². The van der Waals surface area contributed by atoms with Crippen molar-refractivity contribution >= 4 is 11.7 Å². The van der Waals surface area contributed by atoms with Gasteiger partial charge in [-0.1, -0.05) is 0 Å². The molecule has 0 saturated carbocycles. The molecule has 3 heterocycles. The highest BCUT2D eigenvalue weighted by molar-refractivity contribution is 5.96. The van der Waals surface area contributed by atoms with Crippen molar-refractivity contribution in [2.75, 3.05) is 32.2 Å². The van der Waals surface area contributed by atoms with E-state index in [0.717, 1.165) is 18.8 Å². The number of carbonyl (C=O) groups is 1. The average molecular weight is 346 g/mol. The Kier molecular flexibility index (Phi) is 5.13. The van der Waals surface area contributed by atoms with Crippen LogP contribution in [0, 0.1) is 0 Å². The summed E-state index contributed by atoms with van der Waals surface area (Å²) in [7, 11) is 4.95. The zero-order valence-corrected chi connectivity index (χ0v) is 14.5. The van der Waals surface area contributed by atoms with Crippen LogP contribution in [0.15, 0.2) is 24.8 Å². The summed E-state index contributed by atoms with van der Waals surface area (Å²) in [6.07, 6.45) is 5.64. The van der Waals surface area contributed by atoms with Gasteiger partial charge in [0.2, 0.25) is 5.88 Å². The molecule has 1 fully saturated rings. The Balaban J connectivity index is 1.69. The van der Waals surface area contributed by atoms with E-state index >= 15 is 0 Å². The van der Waals surface area contributed by atoms with Crippen LogP contribution in [0.25, 0.3) is 0 Å². The molecule has 2 aromatic heterocycles. The molecule has 1 aliphatic rings. The molecular weight excluding hydrogens is 324 g/mol. The summed E-state index contributed by atoms with van der Waals surface area (Å²) in [5, 5.41) is 7.02. The summed E-state index contributed by atoms with van der Waals surface area (Å²) in [5.74, 6) is 1.05. The Labute approximate surface area is 146 Å². The predicted molar refractivity (Wildman–Crippen MR) is 90.7 cm³/mol. The fraction of sp³-hybridized carbons (Fsp3) is 0.500. The first kappa shape index (κ1) is 17.2. The molecule has 0 aromatic carbocycles. The normalized spacial score (nSPS) is 19.9. The summed E-state index contributed by atoms with van der Waals surface area (Å²) >= 11 is 0. The number of anilines is 1. The van der Waals surface area contributed by atoms with Gasteiger partial charge in [-0.05, 0) is 12.5 Å². The SMILES string of the molecule is COc1c(C(=O)NC[C@H]2C[C@@H](OC)CN2c2ccncn2)cnn1C. The Morgan fingerprint density at radius 2 is 2.28 bits per heavy atom. The summed E-state index contributed by atoms with van der Waals surface area (Å²) in [6, 6.07) is 1.95. The van der Waals surface area contributed by atoms with Crippen molar-refractivity contribution in [3.05, 3.63) is 30.4 Å². The third kappa shape index (κ3) is 3.55. The van der Waals surface area contributed by atoms with Crippen LogP contribution in [0.1, 0.15) is 16.8 Å². The van der Waals surface area contributed by atoms with Crippen LogP contribution in [-0.2, 0) is 11.8 Å². The van der Waals surface area contributed by atoms with Crippen LogP contribution in [0.2, 0.25) is 0 Å². The number of hydrogen-bond acceptors (Lipinski definition) is 7. The lowest BCUT2D eigenvalue weighted by Crippen LogP contribution is -2.40. The number of aryl methyl sites for hydroxylation is 1. The van der Waals surface area contributed by atoms with E-state index in [1.807, 2.05) is 6.07 Å². The zero-order chi connectivity index (χ0) is 17.8. The second-order valence-corrected chi connectivity index (χ2v) is 5.87. The van der Waals surface area contributed by atoms with Crippen LogP contribution in [0.4, 0.5) is 5.82 Å². The van der Waals surface area contributed by atoms with Gasteiger partial charge in [-0.15, -0.1) is 0 Å². The first-order valence-electron chi connectivity index (χ1n) is 8.03. The van der Waals surface area contributed by atoms with Crippen molar-refractivity contribution in [2.24, 2.45) is 7.05 Å². The lowest BCUT2D eigenvalue weighted by atomic mass is 10.2. The van der Waals surface area contributed by atoms with Crippen LogP contribution in [0.5, 0.6) is 5.88 Å². The zero-order valence-electron chi connectivity index (χ0n) is 14.5. The quantitative estimate of drug-likeness (QED) is 0.801. The van der Waals surface area contributed by atoms with E-state index in [2.05, 4.69) is 25.3 Å². The highest BCUT2D eigenvalue weighted by Gasteiger charge is 2.33. The number of ether oxygens (including phenoxy) is 2. The molecule has 9 nitrogen and oxygen atoms in total. The summed E-state index contributed by atoms with van der Waals surface area (Å²) < 4.78 is 12.2. The monoisotopic (exact) mass is 346 g/mol. The van der Waals surface area contributed by atoms with Gasteiger partial charge >= 0.3 is 0 Å². The Hall–Kier alpha value is -2.68. The summed E-state index contributed by atoms with van der Waals surface area (Å²) in [5.41, 5.74) is 0.417. The number of amides is 1.